The van der Waals surface area contributed by atoms with E-state index in [1.54, 1.807) is 40.5 Å². The Labute approximate surface area is 571 Å². The lowest BCUT2D eigenvalue weighted by molar-refractivity contribution is -0.143. The molecule has 3 aliphatic heterocycles. The number of aliphatic hydroxyl groups excluding tert-OH is 1. The number of methoxy groups -OCH3 is 1. The number of nitrogens with zero attached hydrogens (tertiary/aromatic N) is 10. The van der Waals surface area contributed by atoms with Crippen molar-refractivity contribution in [3.63, 3.8) is 0 Å². The second-order valence-corrected chi connectivity index (χ2v) is 25.4. The summed E-state index contributed by atoms with van der Waals surface area (Å²) in [6, 6.07) is 27.7. The van der Waals surface area contributed by atoms with Gasteiger partial charge in [0.25, 0.3) is 5.91 Å². The maximum atomic E-state index is 14.3. The van der Waals surface area contributed by atoms with E-state index in [1.807, 2.05) is 112 Å². The van der Waals surface area contributed by atoms with Crippen LogP contribution >= 0.6 is 11.3 Å². The molecule has 97 heavy (non-hydrogen) atoms. The van der Waals surface area contributed by atoms with Crippen molar-refractivity contribution in [3.8, 4) is 27.4 Å². The second kappa shape index (κ2) is 35.5. The summed E-state index contributed by atoms with van der Waals surface area (Å²) in [7, 11) is 1.62. The third kappa shape index (κ3) is 19.1. The number of ether oxygens (including phenoxy) is 7. The molecule has 0 bridgehead atoms. The minimum atomic E-state index is -0.919. The minimum absolute atomic E-state index is 0.00705. The average Bonchev–Trinajstić information content (AvgIpc) is 1.66. The first-order valence-corrected chi connectivity index (χ1v) is 34.2. The zero-order valence-electron chi connectivity index (χ0n) is 56.1. The molecule has 1 unspecified atom stereocenters. The summed E-state index contributed by atoms with van der Waals surface area (Å²) in [5.74, 6) is 0.0373. The second-order valence-electron chi connectivity index (χ2n) is 24.6. The summed E-state index contributed by atoms with van der Waals surface area (Å²) in [6.45, 7) is 17.4. The highest BCUT2D eigenvalue weighted by Crippen LogP contribution is 2.35. The Morgan fingerprint density at radius 3 is 2.29 bits per heavy atom. The topological polar surface area (TPSA) is 249 Å². The molecule has 0 spiro atoms. The molecule has 2 N–H and O–H groups in total. The lowest BCUT2D eigenvalue weighted by atomic mass is 9.94. The zero-order valence-corrected chi connectivity index (χ0v) is 56.9. The normalized spacial score (nSPS) is 16.9. The lowest BCUT2D eigenvalue weighted by Gasteiger charge is -2.35. The minimum Gasteiger partial charge on any atom is -0.497 e. The van der Waals surface area contributed by atoms with Crippen LogP contribution in [0.4, 0.5) is 4.79 Å². The van der Waals surface area contributed by atoms with Gasteiger partial charge in [-0.05, 0) is 110 Å². The summed E-state index contributed by atoms with van der Waals surface area (Å²) in [4.78, 5) is 67.1. The molecule has 6 heterocycles. The monoisotopic (exact) mass is 1340 g/mol. The van der Waals surface area contributed by atoms with Crippen molar-refractivity contribution >= 4 is 40.7 Å². The van der Waals surface area contributed by atoms with Crippen LogP contribution in [0.2, 0.25) is 0 Å². The molecule has 514 valence electrons. The molecule has 2 saturated heterocycles. The number of aromatic nitrogens is 7. The number of thiazole rings is 1. The molecule has 4 amide bonds. The van der Waals surface area contributed by atoms with Gasteiger partial charge in [0, 0.05) is 55.9 Å². The molecule has 23 nitrogen and oxygen atoms in total. The number of benzene rings is 4. The Kier molecular flexibility index (Phi) is 26.0. The Morgan fingerprint density at radius 2 is 1.58 bits per heavy atom. The van der Waals surface area contributed by atoms with Gasteiger partial charge in [0.15, 0.2) is 0 Å². The van der Waals surface area contributed by atoms with E-state index >= 15 is 0 Å². The van der Waals surface area contributed by atoms with Crippen molar-refractivity contribution in [2.75, 3.05) is 86.3 Å². The molecule has 7 aromatic rings. The van der Waals surface area contributed by atoms with Gasteiger partial charge in [-0.3, -0.25) is 14.4 Å². The van der Waals surface area contributed by atoms with Crippen molar-refractivity contribution in [2.24, 2.45) is 5.92 Å². The van der Waals surface area contributed by atoms with Crippen LogP contribution in [0.3, 0.4) is 0 Å². The number of fused-ring (bicyclic) bond motifs is 1. The first-order chi connectivity index (χ1) is 47.3. The number of hydrogen-bond acceptors (Lipinski definition) is 18. The number of piperidine rings is 1. The zero-order chi connectivity index (χ0) is 68.0. The van der Waals surface area contributed by atoms with E-state index in [-0.39, 0.29) is 55.9 Å². The molecule has 10 rings (SSSR count). The van der Waals surface area contributed by atoms with Gasteiger partial charge in [-0.15, -0.1) is 21.5 Å². The molecule has 4 aromatic carbocycles. The van der Waals surface area contributed by atoms with Gasteiger partial charge in [-0.25, -0.2) is 14.5 Å². The number of likely N-dealkylation sites (tertiary alicyclic amines) is 2. The van der Waals surface area contributed by atoms with E-state index in [4.69, 9.17) is 33.2 Å². The van der Waals surface area contributed by atoms with Crippen LogP contribution < -0.4 is 10.1 Å². The molecule has 0 aliphatic carbocycles. The summed E-state index contributed by atoms with van der Waals surface area (Å²) in [5, 5.41) is 31.3. The lowest BCUT2D eigenvalue weighted by Crippen LogP contribution is -2.55. The van der Waals surface area contributed by atoms with Crippen molar-refractivity contribution in [1.29, 1.82) is 0 Å². The average molecular weight is 1340 g/mol. The fourth-order valence-electron chi connectivity index (χ4n) is 12.3. The van der Waals surface area contributed by atoms with Crippen molar-refractivity contribution in [1.82, 2.24) is 55.0 Å². The molecule has 3 aliphatic rings. The number of carbonyl (C=O) groups is 4. The largest absolute Gasteiger partial charge is 0.497 e. The molecule has 3 aromatic heterocycles. The Bertz CT molecular complexity index is 3810. The van der Waals surface area contributed by atoms with E-state index in [0.29, 0.717) is 108 Å². The number of rotatable bonds is 35. The quantitative estimate of drug-likeness (QED) is 0.0213. The standard InChI is InChI=1S/C73H89N11O12S/c1-7-62(90-6)28-17-51(4)54-22-24-55(25-23-54)64-44-76-84(78-64)73(89)81-29-11-10-16-65(81)56-20-18-53(19-21-56)13-12-31-95-48-60-46-80(79-77-60)30-32-91-33-34-92-35-36-93-37-38-94-39-40-96-67-41-57(69-52(5)75-49-97-69)26-27-58(67)43-74-70(86)66-42-61(85)47-82(66)72(88)68(50(2)3)83-45-59-14-8-9-15-63(59)71(83)87/h7-9,14-15,17-28,41,44,46,49-50,61,65-66,68,85H,1,10-13,16,29-40,42-43,45,47-48H2,2-6H3,(H,74,86)/b51-17+,62-28+/t61-,65?,66+,68+/m1/s1. The van der Waals surface area contributed by atoms with Crippen LogP contribution in [-0.2, 0) is 70.7 Å². The maximum absolute atomic E-state index is 14.3. The van der Waals surface area contributed by atoms with Crippen LogP contribution in [0, 0.1) is 12.8 Å². The van der Waals surface area contributed by atoms with Crippen molar-refractivity contribution in [2.45, 2.75) is 117 Å². The van der Waals surface area contributed by atoms with Crippen LogP contribution in [0.15, 0.2) is 139 Å². The first kappa shape index (κ1) is 71.0. The number of amides is 4. The van der Waals surface area contributed by atoms with Gasteiger partial charge >= 0.3 is 6.03 Å². The predicted molar refractivity (Wildman–Crippen MR) is 367 cm³/mol. The molecular weight excluding hydrogens is 1250 g/mol. The SMILES string of the molecule is C=C/C(=C\C=C(/C)c1ccc(-c2cnn(C(=O)N3CCCCC3c3ccc(CCCOCc4cn(CCOCCOCCOCCOCCOc5cc(-c6scnc6C)ccc5CNC(=O)[C@@H]5C[C@@H](O)CN5C(=O)[C@H](C(C)C)N5Cc6ccccc6C5=O)nn4)cc3)n2)cc1)OC. The summed E-state index contributed by atoms with van der Waals surface area (Å²) in [6.07, 6.45) is 12.8. The highest BCUT2D eigenvalue weighted by molar-refractivity contribution is 7.13. The van der Waals surface area contributed by atoms with E-state index in [9.17, 15) is 24.3 Å². The number of carbonyl (C=O) groups excluding carboxylic acids is 4. The fourth-order valence-corrected chi connectivity index (χ4v) is 13.1. The van der Waals surface area contributed by atoms with E-state index < -0.39 is 24.1 Å². The predicted octanol–water partition coefficient (Wildman–Crippen LogP) is 9.84. The van der Waals surface area contributed by atoms with Crippen LogP contribution in [0.25, 0.3) is 27.3 Å². The Balaban J connectivity index is 0.561. The first-order valence-electron chi connectivity index (χ1n) is 33.3. The third-order valence-electron chi connectivity index (χ3n) is 17.5. The van der Waals surface area contributed by atoms with Crippen LogP contribution in [-0.4, -0.2) is 183 Å². The van der Waals surface area contributed by atoms with Crippen molar-refractivity contribution in [3.05, 3.63) is 184 Å². The van der Waals surface area contributed by atoms with Gasteiger partial charge in [-0.2, -0.15) is 5.10 Å². The maximum Gasteiger partial charge on any atom is 0.362 e. The fraction of sp³-hybridized carbons (Fsp3) is 0.438. The van der Waals surface area contributed by atoms with E-state index in [2.05, 4.69) is 61.7 Å². The van der Waals surface area contributed by atoms with Gasteiger partial charge in [0.1, 0.15) is 41.6 Å². The number of hydrogen-bond donors (Lipinski definition) is 2. The number of aryl methyl sites for hydroxylation is 2. The summed E-state index contributed by atoms with van der Waals surface area (Å²) in [5.41, 5.74) is 12.4. The third-order valence-corrected chi connectivity index (χ3v) is 18.4. The Hall–Kier alpha value is -8.75. The molecule has 2 fully saturated rings. The number of nitrogens with one attached hydrogen (secondary N) is 1. The highest BCUT2D eigenvalue weighted by atomic mass is 32.1. The molecule has 0 saturated carbocycles. The molecule has 0 radical (unpaired) electrons. The molecular formula is C73H89N11O12S. The smallest absolute Gasteiger partial charge is 0.362 e. The van der Waals surface area contributed by atoms with Gasteiger partial charge < -0.3 is 58.3 Å². The van der Waals surface area contributed by atoms with Gasteiger partial charge in [0.05, 0.1) is 114 Å². The number of allylic oxidation sites excluding steroid dienone is 4. The molecule has 24 heteroatoms. The molecule has 4 atom stereocenters. The van der Waals surface area contributed by atoms with E-state index in [0.717, 1.165) is 87.3 Å². The number of β-amino-alcohol motifs (C(OH)–C–C–N with tert-alkyl or cyclic N) is 1. The number of aliphatic hydroxyl groups is 1. The van der Waals surface area contributed by atoms with E-state index in [1.165, 1.54) is 26.6 Å². The van der Waals surface area contributed by atoms with Gasteiger partial charge in [0.2, 0.25) is 11.8 Å². The summed E-state index contributed by atoms with van der Waals surface area (Å²) >= 11 is 1.53. The van der Waals surface area contributed by atoms with Crippen LogP contribution in [0.5, 0.6) is 5.75 Å². The van der Waals surface area contributed by atoms with Gasteiger partial charge in [-0.1, -0.05) is 115 Å². The summed E-state index contributed by atoms with van der Waals surface area (Å²) < 4.78 is 42.3. The van der Waals surface area contributed by atoms with Crippen molar-refractivity contribution < 1.29 is 57.4 Å². The highest BCUT2D eigenvalue weighted by Gasteiger charge is 2.46. The van der Waals surface area contributed by atoms with Crippen LogP contribution in [0.1, 0.15) is 108 Å². The Morgan fingerprint density at radius 1 is 0.845 bits per heavy atom.